The summed E-state index contributed by atoms with van der Waals surface area (Å²) in [6.07, 6.45) is 0. The van der Waals surface area contributed by atoms with Crippen molar-refractivity contribution >= 4 is 33.2 Å². The van der Waals surface area contributed by atoms with Gasteiger partial charge in [0.2, 0.25) is 10.0 Å². The summed E-state index contributed by atoms with van der Waals surface area (Å²) in [5.41, 5.74) is 0.442. The fraction of sp³-hybridized carbons (Fsp3) is 0.385. The first-order valence-corrected chi connectivity index (χ1v) is 8.10. The zero-order chi connectivity index (χ0) is 15.3. The van der Waals surface area contributed by atoms with Crippen LogP contribution in [0.1, 0.15) is 19.4 Å². The fourth-order valence-electron chi connectivity index (χ4n) is 1.38. The first-order valence-electron chi connectivity index (χ1n) is 5.86. The third-order valence-corrected chi connectivity index (χ3v) is 4.60. The van der Waals surface area contributed by atoms with Gasteiger partial charge >= 0.3 is 0 Å². The molecule has 110 valence electrons. The van der Waals surface area contributed by atoms with Gasteiger partial charge in [0.25, 0.3) is 0 Å². The lowest BCUT2D eigenvalue weighted by molar-refractivity contribution is 0.350. The summed E-state index contributed by atoms with van der Waals surface area (Å²) in [5.74, 6) is 5.23. The van der Waals surface area contributed by atoms with Crippen molar-refractivity contribution in [2.45, 2.75) is 18.7 Å². The average molecular weight is 336 g/mol. The largest absolute Gasteiger partial charge is 0.384 e. The number of hydrogen-bond acceptors (Lipinski definition) is 3. The summed E-state index contributed by atoms with van der Waals surface area (Å²) in [4.78, 5) is -0.156. The van der Waals surface area contributed by atoms with Gasteiger partial charge in [0, 0.05) is 12.1 Å². The molecular weight excluding hydrogens is 321 g/mol. The van der Waals surface area contributed by atoms with E-state index in [0.29, 0.717) is 12.1 Å². The van der Waals surface area contributed by atoms with Crippen LogP contribution in [0, 0.1) is 17.8 Å². The molecule has 0 atom stereocenters. The Hall–Kier alpha value is -0.770. The minimum absolute atomic E-state index is 0.00371. The van der Waals surface area contributed by atoms with Crippen LogP contribution in [0.2, 0.25) is 10.0 Å². The Morgan fingerprint density at radius 1 is 1.30 bits per heavy atom. The number of hydrogen-bond donors (Lipinski definition) is 2. The topological polar surface area (TPSA) is 66.4 Å². The van der Waals surface area contributed by atoms with Crippen molar-refractivity contribution in [1.82, 2.24) is 4.72 Å². The Balaban J connectivity index is 3.20. The lowest BCUT2D eigenvalue weighted by atomic mass is 10.2. The van der Waals surface area contributed by atoms with Crippen molar-refractivity contribution < 1.29 is 13.5 Å². The van der Waals surface area contributed by atoms with Gasteiger partial charge in [-0.3, -0.25) is 0 Å². The SMILES string of the molecule is CC(C)CNS(=O)(=O)c1c(Cl)cc(C#CCO)cc1Cl. The highest BCUT2D eigenvalue weighted by atomic mass is 35.5. The lowest BCUT2D eigenvalue weighted by Crippen LogP contribution is -2.28. The van der Waals surface area contributed by atoms with Crippen LogP contribution in [0.3, 0.4) is 0 Å². The molecule has 1 rings (SSSR count). The summed E-state index contributed by atoms with van der Waals surface area (Å²) in [5, 5.41) is 8.62. The molecule has 0 radical (unpaired) electrons. The predicted octanol–water partition coefficient (Wildman–Crippen LogP) is 2.27. The normalized spacial score (nSPS) is 11.3. The minimum atomic E-state index is -3.77. The van der Waals surface area contributed by atoms with Crippen LogP contribution >= 0.6 is 23.2 Å². The van der Waals surface area contributed by atoms with Crippen molar-refractivity contribution in [3.63, 3.8) is 0 Å². The molecule has 0 saturated carbocycles. The van der Waals surface area contributed by atoms with Gasteiger partial charge in [0.15, 0.2) is 0 Å². The molecule has 0 amide bonds. The molecule has 4 nitrogen and oxygen atoms in total. The predicted molar refractivity (Wildman–Crippen MR) is 80.5 cm³/mol. The van der Waals surface area contributed by atoms with Crippen molar-refractivity contribution in [1.29, 1.82) is 0 Å². The number of benzene rings is 1. The van der Waals surface area contributed by atoms with Crippen molar-refractivity contribution in [3.8, 4) is 11.8 Å². The van der Waals surface area contributed by atoms with Gasteiger partial charge in [0.05, 0.1) is 10.0 Å². The van der Waals surface area contributed by atoms with Crippen molar-refractivity contribution in [2.75, 3.05) is 13.2 Å². The molecule has 0 aromatic heterocycles. The van der Waals surface area contributed by atoms with E-state index in [1.807, 2.05) is 13.8 Å². The summed E-state index contributed by atoms with van der Waals surface area (Å²) >= 11 is 12.0. The van der Waals surface area contributed by atoms with Crippen molar-refractivity contribution in [3.05, 3.63) is 27.7 Å². The Morgan fingerprint density at radius 3 is 2.30 bits per heavy atom. The highest BCUT2D eigenvalue weighted by Crippen LogP contribution is 2.30. The van der Waals surface area contributed by atoms with Crippen LogP contribution in [0.15, 0.2) is 17.0 Å². The molecule has 0 unspecified atom stereocenters. The lowest BCUT2D eigenvalue weighted by Gasteiger charge is -2.12. The van der Waals surface area contributed by atoms with Gasteiger partial charge in [0.1, 0.15) is 11.5 Å². The monoisotopic (exact) mass is 335 g/mol. The van der Waals surface area contributed by atoms with E-state index in [2.05, 4.69) is 16.6 Å². The maximum absolute atomic E-state index is 12.1. The molecule has 0 bridgehead atoms. The average Bonchev–Trinajstić information content (AvgIpc) is 2.33. The van der Waals surface area contributed by atoms with Crippen LogP contribution < -0.4 is 4.72 Å². The molecule has 0 aliphatic heterocycles. The molecule has 2 N–H and O–H groups in total. The Labute approximate surface area is 129 Å². The molecule has 0 saturated heterocycles. The maximum Gasteiger partial charge on any atom is 0.243 e. The van der Waals surface area contributed by atoms with Gasteiger partial charge < -0.3 is 5.11 Å². The van der Waals surface area contributed by atoms with Crippen LogP contribution in [-0.2, 0) is 10.0 Å². The van der Waals surface area contributed by atoms with E-state index in [1.165, 1.54) is 12.1 Å². The highest BCUT2D eigenvalue weighted by molar-refractivity contribution is 7.89. The third kappa shape index (κ3) is 4.65. The van der Waals surface area contributed by atoms with E-state index in [0.717, 1.165) is 0 Å². The molecule has 0 spiro atoms. The van der Waals surface area contributed by atoms with E-state index >= 15 is 0 Å². The van der Waals surface area contributed by atoms with Crippen LogP contribution in [-0.4, -0.2) is 26.7 Å². The molecule has 0 aliphatic carbocycles. The molecular formula is C13H15Cl2NO3S. The molecule has 0 fully saturated rings. The second-order valence-electron chi connectivity index (χ2n) is 4.47. The quantitative estimate of drug-likeness (QED) is 0.829. The molecule has 1 aromatic carbocycles. The Kier molecular flexibility index (Phi) is 6.31. The van der Waals surface area contributed by atoms with Crippen molar-refractivity contribution in [2.24, 2.45) is 5.92 Å². The molecule has 0 heterocycles. The molecule has 1 aromatic rings. The molecule has 7 heteroatoms. The van der Waals surface area contributed by atoms with Crippen LogP contribution in [0.5, 0.6) is 0 Å². The maximum atomic E-state index is 12.1. The number of nitrogens with one attached hydrogen (secondary N) is 1. The van der Waals surface area contributed by atoms with E-state index < -0.39 is 10.0 Å². The number of rotatable bonds is 4. The zero-order valence-corrected chi connectivity index (χ0v) is 13.4. The molecule has 0 aliphatic rings. The van der Waals surface area contributed by atoms with Crippen LogP contribution in [0.4, 0.5) is 0 Å². The standard InChI is InChI=1S/C13H15Cl2NO3S/c1-9(2)8-16-20(18,19)13-11(14)6-10(4-3-5-17)7-12(13)15/h6-7,9,16-17H,5,8H2,1-2H3. The number of halogens is 2. The summed E-state index contributed by atoms with van der Waals surface area (Å²) in [6.45, 7) is 3.77. The van der Waals surface area contributed by atoms with Gasteiger partial charge in [-0.05, 0) is 18.1 Å². The summed E-state index contributed by atoms with van der Waals surface area (Å²) < 4.78 is 26.7. The zero-order valence-electron chi connectivity index (χ0n) is 11.1. The van der Waals surface area contributed by atoms with Gasteiger partial charge in [-0.15, -0.1) is 0 Å². The number of sulfonamides is 1. The number of aliphatic hydroxyl groups excluding tert-OH is 1. The smallest absolute Gasteiger partial charge is 0.243 e. The second kappa shape index (κ2) is 7.30. The summed E-state index contributed by atoms with van der Waals surface area (Å²) in [7, 11) is -3.77. The minimum Gasteiger partial charge on any atom is -0.384 e. The highest BCUT2D eigenvalue weighted by Gasteiger charge is 2.22. The molecule has 20 heavy (non-hydrogen) atoms. The Bertz CT molecular complexity index is 622. The van der Waals surface area contributed by atoms with Gasteiger partial charge in [-0.1, -0.05) is 48.9 Å². The van der Waals surface area contributed by atoms with E-state index in [4.69, 9.17) is 28.3 Å². The Morgan fingerprint density at radius 2 is 1.85 bits per heavy atom. The number of aliphatic hydroxyl groups is 1. The van der Waals surface area contributed by atoms with Gasteiger partial charge in [-0.25, -0.2) is 13.1 Å². The van der Waals surface area contributed by atoms with E-state index in [1.54, 1.807) is 0 Å². The van der Waals surface area contributed by atoms with Crippen LogP contribution in [0.25, 0.3) is 0 Å². The first-order chi connectivity index (χ1) is 9.27. The van der Waals surface area contributed by atoms with Gasteiger partial charge in [-0.2, -0.15) is 0 Å². The summed E-state index contributed by atoms with van der Waals surface area (Å²) in [6, 6.07) is 2.81. The third-order valence-electron chi connectivity index (χ3n) is 2.26. The van der Waals surface area contributed by atoms with E-state index in [9.17, 15) is 8.42 Å². The van der Waals surface area contributed by atoms with E-state index in [-0.39, 0.29) is 27.5 Å². The first kappa shape index (κ1) is 17.3. The fourth-order valence-corrected chi connectivity index (χ4v) is 3.80. The second-order valence-corrected chi connectivity index (χ2v) is 6.99.